The van der Waals surface area contributed by atoms with Crippen molar-refractivity contribution < 1.29 is 22.7 Å². The van der Waals surface area contributed by atoms with Gasteiger partial charge in [-0.25, -0.2) is 13.1 Å². The predicted molar refractivity (Wildman–Crippen MR) is 83.6 cm³/mol. The normalized spacial score (nSPS) is 11.3. The zero-order valence-electron chi connectivity index (χ0n) is 13.6. The first kappa shape index (κ1) is 18.4. The fourth-order valence-corrected chi connectivity index (χ4v) is 3.79. The molecule has 6 nitrogen and oxygen atoms in total. The lowest BCUT2D eigenvalue weighted by atomic mass is 10.1. The number of hydrogen-bond acceptors (Lipinski definition) is 5. The second-order valence-electron chi connectivity index (χ2n) is 4.93. The van der Waals surface area contributed by atoms with Crippen LogP contribution >= 0.6 is 0 Å². The largest absolute Gasteiger partial charge is 0.496 e. The van der Waals surface area contributed by atoms with Crippen molar-refractivity contribution in [2.24, 2.45) is 0 Å². The molecule has 7 heteroatoms. The SMILES string of the molecule is CCOC(=O)CCNS(=O)(=O)c1c(C)cc(OC)c(C)c1C. The van der Waals surface area contributed by atoms with Crippen LogP contribution in [0.2, 0.25) is 0 Å². The Hall–Kier alpha value is -1.60. The minimum atomic E-state index is -3.69. The van der Waals surface area contributed by atoms with Crippen LogP contribution in [-0.4, -0.2) is 34.6 Å². The van der Waals surface area contributed by atoms with Crippen molar-refractivity contribution in [3.8, 4) is 5.75 Å². The van der Waals surface area contributed by atoms with E-state index in [1.54, 1.807) is 33.9 Å². The van der Waals surface area contributed by atoms with Gasteiger partial charge in [0.05, 0.1) is 25.0 Å². The van der Waals surface area contributed by atoms with Gasteiger partial charge in [-0.05, 0) is 50.5 Å². The summed E-state index contributed by atoms with van der Waals surface area (Å²) >= 11 is 0. The summed E-state index contributed by atoms with van der Waals surface area (Å²) in [5.41, 5.74) is 2.02. The molecule has 0 amide bonds. The van der Waals surface area contributed by atoms with Crippen molar-refractivity contribution in [3.05, 3.63) is 22.8 Å². The highest BCUT2D eigenvalue weighted by atomic mass is 32.2. The highest BCUT2D eigenvalue weighted by Gasteiger charge is 2.22. The molecular weight excluding hydrogens is 306 g/mol. The number of methoxy groups -OCH3 is 1. The van der Waals surface area contributed by atoms with E-state index in [0.717, 1.165) is 5.56 Å². The molecule has 0 unspecified atom stereocenters. The Kier molecular flexibility index (Phi) is 6.37. The standard InChI is InChI=1S/C15H23NO5S/c1-6-21-14(17)7-8-16-22(18,19)15-10(2)9-13(20-5)11(3)12(15)4/h9,16H,6-8H2,1-5H3. The molecule has 0 radical (unpaired) electrons. The van der Waals surface area contributed by atoms with Crippen LogP contribution in [0.5, 0.6) is 5.75 Å². The molecule has 0 spiro atoms. The maximum atomic E-state index is 12.5. The van der Waals surface area contributed by atoms with Crippen molar-refractivity contribution >= 4 is 16.0 Å². The van der Waals surface area contributed by atoms with Crippen LogP contribution in [0.15, 0.2) is 11.0 Å². The number of sulfonamides is 1. The van der Waals surface area contributed by atoms with Gasteiger partial charge in [0.15, 0.2) is 0 Å². The molecule has 1 aromatic carbocycles. The Morgan fingerprint density at radius 1 is 1.23 bits per heavy atom. The molecule has 1 N–H and O–H groups in total. The topological polar surface area (TPSA) is 81.7 Å². The van der Waals surface area contributed by atoms with E-state index in [1.165, 1.54) is 0 Å². The minimum absolute atomic E-state index is 0.000300. The van der Waals surface area contributed by atoms with Gasteiger partial charge in [0.2, 0.25) is 10.0 Å². The van der Waals surface area contributed by atoms with E-state index < -0.39 is 16.0 Å². The van der Waals surface area contributed by atoms with Gasteiger partial charge in [-0.3, -0.25) is 4.79 Å². The summed E-state index contributed by atoms with van der Waals surface area (Å²) in [5, 5.41) is 0. The van der Waals surface area contributed by atoms with E-state index >= 15 is 0 Å². The van der Waals surface area contributed by atoms with Gasteiger partial charge in [-0.15, -0.1) is 0 Å². The molecule has 0 saturated heterocycles. The monoisotopic (exact) mass is 329 g/mol. The highest BCUT2D eigenvalue weighted by Crippen LogP contribution is 2.30. The van der Waals surface area contributed by atoms with Gasteiger partial charge in [0.1, 0.15) is 5.75 Å². The van der Waals surface area contributed by atoms with Gasteiger partial charge in [0, 0.05) is 6.54 Å². The molecule has 0 saturated carbocycles. The van der Waals surface area contributed by atoms with Crippen molar-refractivity contribution in [1.29, 1.82) is 0 Å². The fourth-order valence-electron chi connectivity index (χ4n) is 2.24. The molecule has 0 aliphatic carbocycles. The minimum Gasteiger partial charge on any atom is -0.496 e. The average Bonchev–Trinajstić information content (AvgIpc) is 2.42. The molecule has 0 bridgehead atoms. The van der Waals surface area contributed by atoms with E-state index in [-0.39, 0.29) is 24.5 Å². The van der Waals surface area contributed by atoms with Crippen LogP contribution in [0.25, 0.3) is 0 Å². The van der Waals surface area contributed by atoms with Gasteiger partial charge in [-0.1, -0.05) is 0 Å². The average molecular weight is 329 g/mol. The van der Waals surface area contributed by atoms with Crippen LogP contribution < -0.4 is 9.46 Å². The van der Waals surface area contributed by atoms with Crippen molar-refractivity contribution in [3.63, 3.8) is 0 Å². The number of esters is 1. The maximum absolute atomic E-state index is 12.5. The van der Waals surface area contributed by atoms with E-state index in [9.17, 15) is 13.2 Å². The Labute approximate surface area is 131 Å². The third-order valence-corrected chi connectivity index (χ3v) is 5.14. The van der Waals surface area contributed by atoms with Crippen LogP contribution in [-0.2, 0) is 19.6 Å². The lowest BCUT2D eigenvalue weighted by Gasteiger charge is -2.16. The lowest BCUT2D eigenvalue weighted by molar-refractivity contribution is -0.142. The molecule has 0 aliphatic heterocycles. The van der Waals surface area contributed by atoms with E-state index in [4.69, 9.17) is 9.47 Å². The molecule has 22 heavy (non-hydrogen) atoms. The summed E-state index contributed by atoms with van der Waals surface area (Å²) in [7, 11) is -2.14. The van der Waals surface area contributed by atoms with Crippen LogP contribution in [0, 0.1) is 20.8 Å². The molecule has 1 aromatic rings. The van der Waals surface area contributed by atoms with Gasteiger partial charge in [-0.2, -0.15) is 0 Å². The summed E-state index contributed by atoms with van der Waals surface area (Å²) in [4.78, 5) is 11.5. The number of hydrogen-bond donors (Lipinski definition) is 1. The van der Waals surface area contributed by atoms with Gasteiger partial charge in [0.25, 0.3) is 0 Å². The Morgan fingerprint density at radius 3 is 2.41 bits per heavy atom. The second kappa shape index (κ2) is 7.60. The number of carbonyl (C=O) groups is 1. The molecule has 1 rings (SSSR count). The Morgan fingerprint density at radius 2 is 1.86 bits per heavy atom. The summed E-state index contributed by atoms with van der Waals surface area (Å²) < 4.78 is 37.4. The summed E-state index contributed by atoms with van der Waals surface area (Å²) in [6.07, 6.45) is 0.000300. The molecule has 0 atom stereocenters. The van der Waals surface area contributed by atoms with Crippen molar-refractivity contribution in [2.75, 3.05) is 20.3 Å². The van der Waals surface area contributed by atoms with E-state index in [1.807, 2.05) is 6.92 Å². The van der Waals surface area contributed by atoms with Crippen molar-refractivity contribution in [1.82, 2.24) is 4.72 Å². The first-order chi connectivity index (χ1) is 10.2. The van der Waals surface area contributed by atoms with Crippen LogP contribution in [0.3, 0.4) is 0 Å². The number of benzene rings is 1. The highest BCUT2D eigenvalue weighted by molar-refractivity contribution is 7.89. The predicted octanol–water partition coefficient (Wildman–Crippen LogP) is 1.85. The molecule has 0 aliphatic rings. The Bertz CT molecular complexity index is 652. The fraction of sp³-hybridized carbons (Fsp3) is 0.533. The zero-order valence-corrected chi connectivity index (χ0v) is 14.5. The summed E-state index contributed by atoms with van der Waals surface area (Å²) in [6.45, 7) is 7.26. The molecule has 0 heterocycles. The number of rotatable bonds is 7. The number of nitrogens with one attached hydrogen (secondary N) is 1. The Balaban J connectivity index is 2.99. The lowest BCUT2D eigenvalue weighted by Crippen LogP contribution is -2.28. The van der Waals surface area contributed by atoms with E-state index in [0.29, 0.717) is 16.9 Å². The molecule has 124 valence electrons. The quantitative estimate of drug-likeness (QED) is 0.772. The number of carbonyl (C=O) groups excluding carboxylic acids is 1. The van der Waals surface area contributed by atoms with Gasteiger partial charge < -0.3 is 9.47 Å². The van der Waals surface area contributed by atoms with Gasteiger partial charge >= 0.3 is 5.97 Å². The first-order valence-corrected chi connectivity index (χ1v) is 8.53. The second-order valence-corrected chi connectivity index (χ2v) is 6.63. The summed E-state index contributed by atoms with van der Waals surface area (Å²) in [5.74, 6) is 0.227. The number of ether oxygens (including phenoxy) is 2. The third-order valence-electron chi connectivity index (χ3n) is 3.39. The summed E-state index contributed by atoms with van der Waals surface area (Å²) in [6, 6.07) is 1.70. The molecular formula is C15H23NO5S. The van der Waals surface area contributed by atoms with E-state index in [2.05, 4.69) is 4.72 Å². The van der Waals surface area contributed by atoms with Crippen LogP contribution in [0.4, 0.5) is 0 Å². The number of aryl methyl sites for hydroxylation is 1. The maximum Gasteiger partial charge on any atom is 0.307 e. The first-order valence-electron chi connectivity index (χ1n) is 7.04. The smallest absolute Gasteiger partial charge is 0.307 e. The molecule has 0 aromatic heterocycles. The molecule has 0 fully saturated rings. The van der Waals surface area contributed by atoms with Crippen molar-refractivity contribution in [2.45, 2.75) is 39.0 Å². The third kappa shape index (κ3) is 4.20. The zero-order chi connectivity index (χ0) is 16.9. The van der Waals surface area contributed by atoms with Crippen LogP contribution in [0.1, 0.15) is 30.0 Å².